The normalized spacial score (nSPS) is 15.0. The van der Waals surface area contributed by atoms with Gasteiger partial charge in [0.2, 0.25) is 5.91 Å². The molecule has 1 saturated heterocycles. The highest BCUT2D eigenvalue weighted by Crippen LogP contribution is 2.30. The van der Waals surface area contributed by atoms with Gasteiger partial charge in [-0.3, -0.25) is 14.8 Å². The zero-order chi connectivity index (χ0) is 19.6. The number of piperidine rings is 1. The standard InChI is InChI=1S/C23H21N5O/c29-23(27-22-20-6-10-25-15-18(20)4-11-26-22)16-7-12-28(13-8-16)21-3-1-2-17-14-24-9-5-19(17)21/h1-6,9-11,14-16H,7-8,12-13H2,(H,26,27,29). The Balaban J connectivity index is 1.29. The first-order chi connectivity index (χ1) is 14.3. The van der Waals surface area contributed by atoms with Crippen molar-refractivity contribution in [2.75, 3.05) is 23.3 Å². The molecule has 1 aromatic carbocycles. The summed E-state index contributed by atoms with van der Waals surface area (Å²) in [5.41, 5.74) is 1.21. The van der Waals surface area contributed by atoms with Crippen LogP contribution >= 0.6 is 0 Å². The van der Waals surface area contributed by atoms with Gasteiger partial charge < -0.3 is 10.2 Å². The van der Waals surface area contributed by atoms with Gasteiger partial charge >= 0.3 is 0 Å². The smallest absolute Gasteiger partial charge is 0.228 e. The highest BCUT2D eigenvalue weighted by Gasteiger charge is 2.26. The molecule has 5 rings (SSSR count). The van der Waals surface area contributed by atoms with Gasteiger partial charge in [0.1, 0.15) is 5.82 Å². The molecule has 0 aliphatic carbocycles. The third kappa shape index (κ3) is 3.38. The molecule has 0 atom stereocenters. The van der Waals surface area contributed by atoms with Crippen molar-refractivity contribution >= 4 is 39.0 Å². The highest BCUT2D eigenvalue weighted by molar-refractivity contribution is 6.01. The second-order valence-corrected chi connectivity index (χ2v) is 7.38. The van der Waals surface area contributed by atoms with Crippen molar-refractivity contribution < 1.29 is 4.79 Å². The van der Waals surface area contributed by atoms with Crippen LogP contribution in [0.25, 0.3) is 21.5 Å². The molecule has 0 bridgehead atoms. The molecule has 3 aromatic heterocycles. The molecule has 0 radical (unpaired) electrons. The van der Waals surface area contributed by atoms with E-state index in [1.54, 1.807) is 18.6 Å². The van der Waals surface area contributed by atoms with Gasteiger partial charge in [0.25, 0.3) is 0 Å². The fraction of sp³-hybridized carbons (Fsp3) is 0.217. The van der Waals surface area contributed by atoms with Gasteiger partial charge in [-0.2, -0.15) is 0 Å². The molecule has 1 amide bonds. The number of fused-ring (bicyclic) bond motifs is 2. The van der Waals surface area contributed by atoms with E-state index < -0.39 is 0 Å². The lowest BCUT2D eigenvalue weighted by Gasteiger charge is -2.33. The Morgan fingerprint density at radius 3 is 2.41 bits per heavy atom. The van der Waals surface area contributed by atoms with Gasteiger partial charge in [-0.1, -0.05) is 12.1 Å². The average molecular weight is 383 g/mol. The number of aromatic nitrogens is 3. The number of hydrogen-bond acceptors (Lipinski definition) is 5. The van der Waals surface area contributed by atoms with E-state index in [1.807, 2.05) is 24.5 Å². The Bertz CT molecular complexity index is 1170. The Kier molecular flexibility index (Phi) is 4.52. The summed E-state index contributed by atoms with van der Waals surface area (Å²) in [6.07, 6.45) is 10.6. The van der Waals surface area contributed by atoms with E-state index in [0.717, 1.165) is 42.1 Å². The van der Waals surface area contributed by atoms with Crippen molar-refractivity contribution in [3.05, 3.63) is 67.4 Å². The molecule has 0 saturated carbocycles. The van der Waals surface area contributed by atoms with Gasteiger partial charge in [-0.15, -0.1) is 0 Å². The number of carbonyl (C=O) groups excluding carboxylic acids is 1. The van der Waals surface area contributed by atoms with E-state index in [4.69, 9.17) is 0 Å². The quantitative estimate of drug-likeness (QED) is 0.578. The number of rotatable bonds is 3. The van der Waals surface area contributed by atoms with Gasteiger partial charge in [0.15, 0.2) is 0 Å². The summed E-state index contributed by atoms with van der Waals surface area (Å²) in [7, 11) is 0. The molecule has 1 N–H and O–H groups in total. The summed E-state index contributed by atoms with van der Waals surface area (Å²) in [6, 6.07) is 12.1. The van der Waals surface area contributed by atoms with Crippen molar-refractivity contribution in [1.29, 1.82) is 0 Å². The summed E-state index contributed by atoms with van der Waals surface area (Å²) >= 11 is 0. The fourth-order valence-electron chi connectivity index (χ4n) is 4.10. The first kappa shape index (κ1) is 17.6. The maximum atomic E-state index is 12.9. The first-order valence-electron chi connectivity index (χ1n) is 9.87. The van der Waals surface area contributed by atoms with Crippen LogP contribution in [-0.2, 0) is 4.79 Å². The third-order valence-corrected chi connectivity index (χ3v) is 5.67. The maximum Gasteiger partial charge on any atom is 0.228 e. The number of anilines is 2. The molecule has 4 aromatic rings. The summed E-state index contributed by atoms with van der Waals surface area (Å²) in [6.45, 7) is 1.71. The highest BCUT2D eigenvalue weighted by atomic mass is 16.1. The molecular weight excluding hydrogens is 362 g/mol. The van der Waals surface area contributed by atoms with E-state index in [2.05, 4.69) is 49.4 Å². The second kappa shape index (κ2) is 7.47. The number of hydrogen-bond donors (Lipinski definition) is 1. The average Bonchev–Trinajstić information content (AvgIpc) is 2.79. The van der Waals surface area contributed by atoms with Crippen LogP contribution in [0.4, 0.5) is 11.5 Å². The van der Waals surface area contributed by atoms with E-state index in [-0.39, 0.29) is 11.8 Å². The fourth-order valence-corrected chi connectivity index (χ4v) is 4.10. The molecule has 6 heteroatoms. The number of nitrogens with one attached hydrogen (secondary N) is 1. The van der Waals surface area contributed by atoms with Crippen molar-refractivity contribution in [3.63, 3.8) is 0 Å². The monoisotopic (exact) mass is 383 g/mol. The molecular formula is C23H21N5O. The molecule has 4 heterocycles. The van der Waals surface area contributed by atoms with E-state index in [9.17, 15) is 4.79 Å². The van der Waals surface area contributed by atoms with E-state index in [1.165, 1.54) is 11.1 Å². The maximum absolute atomic E-state index is 12.9. The second-order valence-electron chi connectivity index (χ2n) is 7.38. The predicted octanol–water partition coefficient (Wildman–Crippen LogP) is 4.03. The summed E-state index contributed by atoms with van der Waals surface area (Å²) < 4.78 is 0. The molecule has 0 unspecified atom stereocenters. The number of pyridine rings is 3. The number of amides is 1. The Morgan fingerprint density at radius 2 is 1.62 bits per heavy atom. The zero-order valence-electron chi connectivity index (χ0n) is 16.0. The van der Waals surface area contributed by atoms with Crippen LogP contribution in [0.1, 0.15) is 12.8 Å². The molecule has 6 nitrogen and oxygen atoms in total. The lowest BCUT2D eigenvalue weighted by atomic mass is 9.95. The Morgan fingerprint density at radius 1 is 0.897 bits per heavy atom. The molecule has 1 aliphatic rings. The topological polar surface area (TPSA) is 71.0 Å². The minimum atomic E-state index is -0.0122. The first-order valence-corrected chi connectivity index (χ1v) is 9.87. The molecule has 29 heavy (non-hydrogen) atoms. The number of benzene rings is 1. The number of nitrogens with zero attached hydrogens (tertiary/aromatic N) is 4. The Labute approximate surface area is 168 Å². The van der Waals surface area contributed by atoms with Crippen LogP contribution < -0.4 is 10.2 Å². The van der Waals surface area contributed by atoms with E-state index in [0.29, 0.717) is 5.82 Å². The van der Waals surface area contributed by atoms with Gasteiger partial charge in [0, 0.05) is 77.2 Å². The van der Waals surface area contributed by atoms with Crippen LogP contribution in [-0.4, -0.2) is 33.9 Å². The largest absolute Gasteiger partial charge is 0.371 e. The van der Waals surface area contributed by atoms with Gasteiger partial charge in [-0.05, 0) is 37.1 Å². The minimum Gasteiger partial charge on any atom is -0.371 e. The van der Waals surface area contributed by atoms with Crippen molar-refractivity contribution in [2.45, 2.75) is 12.8 Å². The predicted molar refractivity (Wildman–Crippen MR) is 115 cm³/mol. The van der Waals surface area contributed by atoms with Crippen LogP contribution in [0, 0.1) is 5.92 Å². The lowest BCUT2D eigenvalue weighted by Crippen LogP contribution is -2.38. The minimum absolute atomic E-state index is 0.0122. The van der Waals surface area contributed by atoms with Crippen molar-refractivity contribution in [3.8, 4) is 0 Å². The molecule has 144 valence electrons. The number of carbonyl (C=O) groups is 1. The summed E-state index contributed by atoms with van der Waals surface area (Å²) in [5.74, 6) is 0.643. The third-order valence-electron chi connectivity index (χ3n) is 5.67. The SMILES string of the molecule is O=C(Nc1nccc2cnccc12)C1CCN(c2cccc3cnccc23)CC1. The van der Waals surface area contributed by atoms with Crippen LogP contribution in [0.2, 0.25) is 0 Å². The van der Waals surface area contributed by atoms with Crippen molar-refractivity contribution in [1.82, 2.24) is 15.0 Å². The molecule has 1 aliphatic heterocycles. The summed E-state index contributed by atoms with van der Waals surface area (Å²) in [5, 5.41) is 7.27. The Hall–Kier alpha value is -3.54. The molecule has 1 fully saturated rings. The van der Waals surface area contributed by atoms with Crippen LogP contribution in [0.5, 0.6) is 0 Å². The van der Waals surface area contributed by atoms with Gasteiger partial charge in [0.05, 0.1) is 0 Å². The zero-order valence-corrected chi connectivity index (χ0v) is 16.0. The lowest BCUT2D eigenvalue weighted by molar-refractivity contribution is -0.120. The molecule has 0 spiro atoms. The van der Waals surface area contributed by atoms with Crippen LogP contribution in [0.3, 0.4) is 0 Å². The van der Waals surface area contributed by atoms with Gasteiger partial charge in [-0.25, -0.2) is 4.98 Å². The van der Waals surface area contributed by atoms with E-state index >= 15 is 0 Å². The van der Waals surface area contributed by atoms with Crippen LogP contribution in [0.15, 0.2) is 67.4 Å². The van der Waals surface area contributed by atoms with Crippen molar-refractivity contribution in [2.24, 2.45) is 5.92 Å². The summed E-state index contributed by atoms with van der Waals surface area (Å²) in [4.78, 5) is 28.0.